The second-order valence-electron chi connectivity index (χ2n) is 4.00. The number of nitrogen functional groups attached to an aromatic ring is 1. The van der Waals surface area contributed by atoms with Crippen molar-refractivity contribution in [1.82, 2.24) is 19.5 Å². The number of anilines is 1. The number of aliphatic hydroxyl groups excluding tert-OH is 3. The third-order valence-corrected chi connectivity index (χ3v) is 2.90. The molecule has 9 heteroatoms. The van der Waals surface area contributed by atoms with Crippen LogP contribution in [0.4, 0.5) is 5.82 Å². The minimum atomic E-state index is -1.31. The molecule has 1 aliphatic heterocycles. The number of ether oxygens (including phenoxy) is 1. The molecule has 0 bridgehead atoms. The summed E-state index contributed by atoms with van der Waals surface area (Å²) in [6, 6.07) is 0. The van der Waals surface area contributed by atoms with Crippen LogP contribution in [0.3, 0.4) is 0 Å². The highest BCUT2D eigenvalue weighted by Gasteiger charge is 2.37. The predicted molar refractivity (Wildman–Crippen MR) is 62.6 cm³/mol. The van der Waals surface area contributed by atoms with Crippen LogP contribution < -0.4 is 5.73 Å². The lowest BCUT2D eigenvalue weighted by Gasteiger charge is -2.16. The van der Waals surface area contributed by atoms with E-state index in [9.17, 15) is 10.2 Å². The average molecular weight is 265 g/mol. The molecule has 1 unspecified atom stereocenters. The Bertz CT molecular complexity index is 667. The Kier molecular flexibility index (Phi) is 2.50. The van der Waals surface area contributed by atoms with Gasteiger partial charge in [-0.15, -0.1) is 0 Å². The van der Waals surface area contributed by atoms with E-state index in [0.717, 1.165) is 0 Å². The molecule has 0 fully saturated rings. The Hall–Kier alpha value is -2.39. The second kappa shape index (κ2) is 4.07. The zero-order valence-corrected chi connectivity index (χ0v) is 9.63. The molecule has 3 heterocycles. The highest BCUT2D eigenvalue weighted by atomic mass is 16.5. The van der Waals surface area contributed by atoms with Gasteiger partial charge >= 0.3 is 0 Å². The van der Waals surface area contributed by atoms with E-state index in [2.05, 4.69) is 15.0 Å². The van der Waals surface area contributed by atoms with Gasteiger partial charge in [0, 0.05) is 0 Å². The van der Waals surface area contributed by atoms with Gasteiger partial charge in [-0.1, -0.05) is 0 Å². The molecule has 0 aromatic carbocycles. The molecule has 19 heavy (non-hydrogen) atoms. The monoisotopic (exact) mass is 265 g/mol. The summed E-state index contributed by atoms with van der Waals surface area (Å²) in [7, 11) is 0. The van der Waals surface area contributed by atoms with Crippen molar-refractivity contribution in [2.75, 3.05) is 12.3 Å². The highest BCUT2D eigenvalue weighted by molar-refractivity contribution is 5.81. The molecule has 0 spiro atoms. The maximum absolute atomic E-state index is 9.89. The smallest absolute Gasteiger partial charge is 0.211 e. The standard InChI is InChI=1S/C10H11N5O4/c11-8-5-9(13-2-12-8)15(3-14-5)10-7(18)6(17)4(1-16)19-10/h2-3,7,10,16-18H,1H2,(H2,11,12,13)/t7?,10-/m1/s1. The van der Waals surface area contributed by atoms with E-state index in [1.165, 1.54) is 17.2 Å². The lowest BCUT2D eigenvalue weighted by molar-refractivity contribution is -0.0119. The fourth-order valence-corrected chi connectivity index (χ4v) is 1.95. The van der Waals surface area contributed by atoms with E-state index in [1.54, 1.807) is 0 Å². The lowest BCUT2D eigenvalue weighted by atomic mass is 10.2. The fraction of sp³-hybridized carbons (Fsp3) is 0.300. The second-order valence-corrected chi connectivity index (χ2v) is 4.00. The van der Waals surface area contributed by atoms with Gasteiger partial charge in [0.05, 0.1) is 0 Å². The number of imidazole rings is 1. The van der Waals surface area contributed by atoms with Gasteiger partial charge in [0.1, 0.15) is 24.8 Å². The van der Waals surface area contributed by atoms with Crippen molar-refractivity contribution in [2.24, 2.45) is 0 Å². The van der Waals surface area contributed by atoms with Crippen molar-refractivity contribution in [3.63, 3.8) is 0 Å². The van der Waals surface area contributed by atoms with Gasteiger partial charge in [-0.3, -0.25) is 4.57 Å². The van der Waals surface area contributed by atoms with Gasteiger partial charge in [-0.05, 0) is 0 Å². The Morgan fingerprint density at radius 1 is 1.37 bits per heavy atom. The SMILES string of the molecule is Nc1ncnc2c1ncn2[C@@H]1OC(CO)=C(O)C1O. The molecule has 9 nitrogen and oxygen atoms in total. The van der Waals surface area contributed by atoms with E-state index < -0.39 is 24.7 Å². The molecule has 2 atom stereocenters. The maximum Gasteiger partial charge on any atom is 0.211 e. The molecule has 0 saturated carbocycles. The number of nitrogens with zero attached hydrogens (tertiary/aromatic N) is 4. The topological polar surface area (TPSA) is 140 Å². The van der Waals surface area contributed by atoms with Gasteiger partial charge in [-0.25, -0.2) is 15.0 Å². The third-order valence-electron chi connectivity index (χ3n) is 2.90. The predicted octanol–water partition coefficient (Wildman–Crippen LogP) is -0.940. The van der Waals surface area contributed by atoms with Crippen LogP contribution in [0, 0.1) is 0 Å². The molecule has 3 rings (SSSR count). The quantitative estimate of drug-likeness (QED) is 0.545. The van der Waals surface area contributed by atoms with Crippen LogP contribution in [-0.2, 0) is 4.74 Å². The Morgan fingerprint density at radius 2 is 2.16 bits per heavy atom. The zero-order valence-electron chi connectivity index (χ0n) is 9.63. The van der Waals surface area contributed by atoms with Crippen molar-refractivity contribution in [3.8, 4) is 0 Å². The minimum absolute atomic E-state index is 0.0821. The van der Waals surface area contributed by atoms with Gasteiger partial charge < -0.3 is 25.8 Å². The van der Waals surface area contributed by atoms with Crippen LogP contribution >= 0.6 is 0 Å². The summed E-state index contributed by atoms with van der Waals surface area (Å²) in [5.74, 6) is -0.284. The summed E-state index contributed by atoms with van der Waals surface area (Å²) in [6.45, 7) is -0.511. The first kappa shape index (κ1) is 11.7. The van der Waals surface area contributed by atoms with Crippen molar-refractivity contribution in [2.45, 2.75) is 12.3 Å². The Balaban J connectivity index is 2.06. The van der Waals surface area contributed by atoms with E-state index in [4.69, 9.17) is 15.6 Å². The number of fused-ring (bicyclic) bond motifs is 1. The number of aromatic nitrogens is 4. The van der Waals surface area contributed by atoms with Crippen LogP contribution in [-0.4, -0.2) is 47.5 Å². The number of rotatable bonds is 2. The van der Waals surface area contributed by atoms with Crippen LogP contribution in [0.1, 0.15) is 6.23 Å². The summed E-state index contributed by atoms with van der Waals surface area (Å²) < 4.78 is 6.69. The largest absolute Gasteiger partial charge is 0.506 e. The summed E-state index contributed by atoms with van der Waals surface area (Å²) in [4.78, 5) is 11.8. The molecule has 1 aliphatic rings. The fourth-order valence-electron chi connectivity index (χ4n) is 1.95. The molecular weight excluding hydrogens is 254 g/mol. The first-order valence-electron chi connectivity index (χ1n) is 5.44. The van der Waals surface area contributed by atoms with Crippen molar-refractivity contribution < 1.29 is 20.1 Å². The Morgan fingerprint density at radius 3 is 2.84 bits per heavy atom. The van der Waals surface area contributed by atoms with Crippen LogP contribution in [0.2, 0.25) is 0 Å². The van der Waals surface area contributed by atoms with Crippen molar-refractivity contribution >= 4 is 17.0 Å². The molecule has 0 amide bonds. The first-order valence-corrected chi connectivity index (χ1v) is 5.44. The minimum Gasteiger partial charge on any atom is -0.506 e. The molecule has 100 valence electrons. The van der Waals surface area contributed by atoms with E-state index in [-0.39, 0.29) is 11.6 Å². The molecule has 0 saturated heterocycles. The van der Waals surface area contributed by atoms with Gasteiger partial charge in [0.2, 0.25) is 6.23 Å². The maximum atomic E-state index is 9.89. The highest BCUT2D eigenvalue weighted by Crippen LogP contribution is 2.33. The van der Waals surface area contributed by atoms with E-state index in [1.807, 2.05) is 0 Å². The van der Waals surface area contributed by atoms with E-state index in [0.29, 0.717) is 11.2 Å². The molecular formula is C10H11N5O4. The van der Waals surface area contributed by atoms with Gasteiger partial charge in [-0.2, -0.15) is 0 Å². The molecule has 0 radical (unpaired) electrons. The third kappa shape index (κ3) is 1.59. The normalized spacial score (nSPS) is 23.1. The van der Waals surface area contributed by atoms with Gasteiger partial charge in [0.25, 0.3) is 0 Å². The van der Waals surface area contributed by atoms with Crippen LogP contribution in [0.25, 0.3) is 11.2 Å². The summed E-state index contributed by atoms with van der Waals surface area (Å²) in [6.07, 6.45) is 0.367. The average Bonchev–Trinajstić information content (AvgIpc) is 2.94. The number of aliphatic hydroxyl groups is 3. The summed E-state index contributed by atoms with van der Waals surface area (Å²) in [5.41, 5.74) is 6.39. The van der Waals surface area contributed by atoms with Crippen LogP contribution in [0.5, 0.6) is 0 Å². The first-order chi connectivity index (χ1) is 9.13. The van der Waals surface area contributed by atoms with E-state index >= 15 is 0 Å². The molecule has 5 N–H and O–H groups in total. The number of hydrogen-bond acceptors (Lipinski definition) is 8. The number of nitrogens with two attached hydrogens (primary N) is 1. The zero-order chi connectivity index (χ0) is 13.6. The molecule has 2 aromatic rings. The molecule has 2 aromatic heterocycles. The number of hydrogen-bond donors (Lipinski definition) is 4. The summed E-state index contributed by atoms with van der Waals surface area (Å²) >= 11 is 0. The van der Waals surface area contributed by atoms with Crippen molar-refractivity contribution in [1.29, 1.82) is 0 Å². The lowest BCUT2D eigenvalue weighted by Crippen LogP contribution is -2.22. The summed E-state index contributed by atoms with van der Waals surface area (Å²) in [5, 5.41) is 28.5. The van der Waals surface area contributed by atoms with Gasteiger partial charge in [0.15, 0.2) is 29.1 Å². The van der Waals surface area contributed by atoms with Crippen molar-refractivity contribution in [3.05, 3.63) is 24.2 Å². The van der Waals surface area contributed by atoms with Crippen LogP contribution in [0.15, 0.2) is 24.2 Å². The molecule has 0 aliphatic carbocycles. The Labute approximate surface area is 106 Å².